The Morgan fingerprint density at radius 2 is 2.10 bits per heavy atom. The number of carboxylic acid groups (broad SMARTS) is 1. The maximum atomic E-state index is 11.2. The predicted octanol–water partition coefficient (Wildman–Crippen LogP) is 2.37. The first kappa shape index (κ1) is 14.8. The predicted molar refractivity (Wildman–Crippen MR) is 79.3 cm³/mol. The van der Waals surface area contributed by atoms with Gasteiger partial charge in [-0.3, -0.25) is 4.90 Å². The van der Waals surface area contributed by atoms with E-state index in [0.29, 0.717) is 11.9 Å². The van der Waals surface area contributed by atoms with Crippen LogP contribution in [0.3, 0.4) is 0 Å². The van der Waals surface area contributed by atoms with Gasteiger partial charge in [-0.15, -0.1) is 0 Å². The number of aryl methyl sites for hydroxylation is 1. The summed E-state index contributed by atoms with van der Waals surface area (Å²) in [6.07, 6.45) is 3.83. The van der Waals surface area contributed by atoms with Gasteiger partial charge in [0.2, 0.25) is 0 Å². The Hall–Kier alpha value is -1.62. The minimum absolute atomic E-state index is 0.237. The van der Waals surface area contributed by atoms with Crippen molar-refractivity contribution in [2.45, 2.75) is 39.2 Å². The lowest BCUT2D eigenvalue weighted by atomic mass is 10.1. The van der Waals surface area contributed by atoms with Gasteiger partial charge >= 0.3 is 5.97 Å². The Balaban J connectivity index is 1.99. The van der Waals surface area contributed by atoms with E-state index in [2.05, 4.69) is 22.1 Å². The molecule has 0 aromatic carbocycles. The van der Waals surface area contributed by atoms with Crippen LogP contribution in [-0.4, -0.2) is 46.6 Å². The molecular weight excluding hydrogens is 254 g/mol. The minimum Gasteiger partial charge on any atom is -0.478 e. The smallest absolute Gasteiger partial charge is 0.339 e. The van der Waals surface area contributed by atoms with Crippen LogP contribution in [0.15, 0.2) is 12.1 Å². The van der Waals surface area contributed by atoms with Gasteiger partial charge in [0, 0.05) is 18.3 Å². The molecule has 1 unspecified atom stereocenters. The molecule has 5 heteroatoms. The van der Waals surface area contributed by atoms with Crippen LogP contribution < -0.4 is 5.32 Å². The molecule has 0 radical (unpaired) electrons. The average Bonchev–Trinajstić information content (AvgIpc) is 2.45. The van der Waals surface area contributed by atoms with Crippen LogP contribution in [0.1, 0.15) is 42.2 Å². The molecule has 0 saturated carbocycles. The molecular formula is C15H23N3O2. The first-order valence-electron chi connectivity index (χ1n) is 7.27. The number of aromatic nitrogens is 1. The van der Waals surface area contributed by atoms with Crippen molar-refractivity contribution >= 4 is 11.8 Å². The second kappa shape index (κ2) is 6.70. The van der Waals surface area contributed by atoms with Gasteiger partial charge in [-0.2, -0.15) is 0 Å². The number of pyridine rings is 1. The molecule has 1 aromatic rings. The Labute approximate surface area is 120 Å². The van der Waals surface area contributed by atoms with Crippen LogP contribution in [0, 0.1) is 6.92 Å². The highest BCUT2D eigenvalue weighted by Crippen LogP contribution is 2.16. The van der Waals surface area contributed by atoms with Crippen LogP contribution in [0.2, 0.25) is 0 Å². The van der Waals surface area contributed by atoms with E-state index in [-0.39, 0.29) is 5.56 Å². The summed E-state index contributed by atoms with van der Waals surface area (Å²) in [5, 5.41) is 12.4. The highest BCUT2D eigenvalue weighted by atomic mass is 16.4. The molecule has 20 heavy (non-hydrogen) atoms. The van der Waals surface area contributed by atoms with Crippen LogP contribution >= 0.6 is 0 Å². The molecule has 0 aliphatic carbocycles. The number of nitrogens with one attached hydrogen (secondary N) is 1. The van der Waals surface area contributed by atoms with Gasteiger partial charge in [0.05, 0.1) is 0 Å². The van der Waals surface area contributed by atoms with Crippen molar-refractivity contribution in [3.05, 3.63) is 23.4 Å². The molecule has 1 saturated heterocycles. The first-order chi connectivity index (χ1) is 9.58. The Morgan fingerprint density at radius 3 is 2.75 bits per heavy atom. The lowest BCUT2D eigenvalue weighted by Crippen LogP contribution is -2.41. The Bertz CT molecular complexity index is 470. The maximum absolute atomic E-state index is 11.2. The third kappa shape index (κ3) is 3.70. The molecule has 0 spiro atoms. The summed E-state index contributed by atoms with van der Waals surface area (Å²) in [5.74, 6) is -0.466. The number of nitrogens with zero attached hydrogens (tertiary/aromatic N) is 2. The van der Waals surface area contributed by atoms with E-state index in [1.54, 1.807) is 12.1 Å². The van der Waals surface area contributed by atoms with Crippen molar-refractivity contribution in [1.82, 2.24) is 9.88 Å². The van der Waals surface area contributed by atoms with Crippen LogP contribution in [0.5, 0.6) is 0 Å². The van der Waals surface area contributed by atoms with E-state index in [0.717, 1.165) is 25.3 Å². The van der Waals surface area contributed by atoms with Gasteiger partial charge in [0.15, 0.2) is 0 Å². The van der Waals surface area contributed by atoms with Crippen molar-refractivity contribution in [2.75, 3.05) is 25.0 Å². The molecule has 2 heterocycles. The van der Waals surface area contributed by atoms with E-state index >= 15 is 0 Å². The SMILES string of the molecule is Cc1ccc(C(=O)O)c(NCC(C)N2CCCCC2)n1. The number of anilines is 1. The number of rotatable bonds is 5. The normalized spacial score (nSPS) is 17.7. The second-order valence-corrected chi connectivity index (χ2v) is 5.48. The highest BCUT2D eigenvalue weighted by molar-refractivity contribution is 5.93. The average molecular weight is 277 g/mol. The standard InChI is InChI=1S/C15H23N3O2/c1-11-6-7-13(15(19)20)14(17-11)16-10-12(2)18-8-4-3-5-9-18/h6-7,12H,3-5,8-10H2,1-2H3,(H,16,17)(H,19,20). The molecule has 0 bridgehead atoms. The Kier molecular flexibility index (Phi) is 4.95. The summed E-state index contributed by atoms with van der Waals surface area (Å²) in [6, 6.07) is 3.72. The van der Waals surface area contributed by atoms with Crippen LogP contribution in [0.25, 0.3) is 0 Å². The van der Waals surface area contributed by atoms with Crippen molar-refractivity contribution in [3.63, 3.8) is 0 Å². The number of carbonyl (C=O) groups is 1. The topological polar surface area (TPSA) is 65.5 Å². The van der Waals surface area contributed by atoms with Crippen LogP contribution in [-0.2, 0) is 0 Å². The largest absolute Gasteiger partial charge is 0.478 e. The third-order valence-corrected chi connectivity index (χ3v) is 3.84. The molecule has 110 valence electrons. The quantitative estimate of drug-likeness (QED) is 0.865. The molecule has 1 aliphatic heterocycles. The van der Waals surface area contributed by atoms with Gasteiger partial charge in [-0.25, -0.2) is 9.78 Å². The minimum atomic E-state index is -0.939. The molecule has 5 nitrogen and oxygen atoms in total. The van der Waals surface area contributed by atoms with Gasteiger partial charge < -0.3 is 10.4 Å². The Morgan fingerprint density at radius 1 is 1.40 bits per heavy atom. The summed E-state index contributed by atoms with van der Waals surface area (Å²) in [4.78, 5) is 17.9. The zero-order valence-electron chi connectivity index (χ0n) is 12.2. The number of hydrogen-bond acceptors (Lipinski definition) is 4. The number of hydrogen-bond donors (Lipinski definition) is 2. The fourth-order valence-electron chi connectivity index (χ4n) is 2.60. The fraction of sp³-hybridized carbons (Fsp3) is 0.600. The number of likely N-dealkylation sites (tertiary alicyclic amines) is 1. The summed E-state index contributed by atoms with van der Waals surface area (Å²) >= 11 is 0. The van der Waals surface area contributed by atoms with Crippen molar-refractivity contribution in [3.8, 4) is 0 Å². The van der Waals surface area contributed by atoms with E-state index in [4.69, 9.17) is 0 Å². The molecule has 1 aliphatic rings. The van der Waals surface area contributed by atoms with Gasteiger partial charge in [0.1, 0.15) is 11.4 Å². The summed E-state index contributed by atoms with van der Waals surface area (Å²) in [6.45, 7) is 7.03. The summed E-state index contributed by atoms with van der Waals surface area (Å²) in [5.41, 5.74) is 1.06. The van der Waals surface area contributed by atoms with Crippen molar-refractivity contribution in [2.24, 2.45) is 0 Å². The monoisotopic (exact) mass is 277 g/mol. The van der Waals surface area contributed by atoms with E-state index in [1.165, 1.54) is 19.3 Å². The molecule has 1 fully saturated rings. The van der Waals surface area contributed by atoms with Crippen LogP contribution in [0.4, 0.5) is 5.82 Å². The molecule has 2 rings (SSSR count). The third-order valence-electron chi connectivity index (χ3n) is 3.84. The summed E-state index contributed by atoms with van der Waals surface area (Å²) < 4.78 is 0. The van der Waals surface area contributed by atoms with Gasteiger partial charge in [-0.05, 0) is 51.9 Å². The number of piperidine rings is 1. The zero-order chi connectivity index (χ0) is 14.5. The molecule has 0 amide bonds. The summed E-state index contributed by atoms with van der Waals surface area (Å²) in [7, 11) is 0. The zero-order valence-corrected chi connectivity index (χ0v) is 12.2. The van der Waals surface area contributed by atoms with Gasteiger partial charge in [-0.1, -0.05) is 6.42 Å². The van der Waals surface area contributed by atoms with E-state index in [1.807, 2.05) is 6.92 Å². The van der Waals surface area contributed by atoms with Gasteiger partial charge in [0.25, 0.3) is 0 Å². The highest BCUT2D eigenvalue weighted by Gasteiger charge is 2.18. The van der Waals surface area contributed by atoms with Crippen molar-refractivity contribution in [1.29, 1.82) is 0 Å². The molecule has 1 aromatic heterocycles. The molecule has 1 atom stereocenters. The van der Waals surface area contributed by atoms with E-state index in [9.17, 15) is 9.90 Å². The first-order valence-corrected chi connectivity index (χ1v) is 7.27. The fourth-order valence-corrected chi connectivity index (χ4v) is 2.60. The maximum Gasteiger partial charge on any atom is 0.339 e. The van der Waals surface area contributed by atoms with E-state index < -0.39 is 5.97 Å². The number of aromatic carboxylic acids is 1. The second-order valence-electron chi connectivity index (χ2n) is 5.48. The van der Waals surface area contributed by atoms with Crippen molar-refractivity contribution < 1.29 is 9.90 Å². The molecule has 2 N–H and O–H groups in total. The number of carboxylic acids is 1. The lowest BCUT2D eigenvalue weighted by molar-refractivity contribution is 0.0697. The lowest BCUT2D eigenvalue weighted by Gasteiger charge is -2.32.